The summed E-state index contributed by atoms with van der Waals surface area (Å²) in [6.07, 6.45) is 0.590. The normalized spacial score (nSPS) is 14.9. The molecule has 3 rings (SSSR count). The van der Waals surface area contributed by atoms with Crippen LogP contribution >= 0.6 is 24.0 Å². The summed E-state index contributed by atoms with van der Waals surface area (Å²) in [5.74, 6) is -4.07. The molecule has 13 nitrogen and oxygen atoms in total. The molecule has 1 saturated heterocycles. The molecule has 40 heavy (non-hydrogen) atoms. The zero-order valence-electron chi connectivity index (χ0n) is 20.4. The predicted octanol–water partition coefficient (Wildman–Crippen LogP) is 1.81. The minimum absolute atomic E-state index is 0.0689. The Hall–Kier alpha value is -3.99. The van der Waals surface area contributed by atoms with Crippen molar-refractivity contribution in [1.29, 1.82) is 0 Å². The molecule has 1 aliphatic rings. The molecule has 1 amide bonds. The third-order valence-corrected chi connectivity index (χ3v) is 7.78. The van der Waals surface area contributed by atoms with E-state index in [9.17, 15) is 32.7 Å². The Morgan fingerprint density at radius 2 is 1.73 bits per heavy atom. The van der Waals surface area contributed by atoms with E-state index in [0.717, 1.165) is 11.8 Å². The van der Waals surface area contributed by atoms with Gasteiger partial charge in [-0.05, 0) is 47.9 Å². The van der Waals surface area contributed by atoms with Crippen molar-refractivity contribution in [2.45, 2.75) is 30.4 Å². The second-order valence-electron chi connectivity index (χ2n) is 8.12. The number of ether oxygens (including phenoxy) is 2. The molecule has 0 bridgehead atoms. The molecule has 0 spiro atoms. The van der Waals surface area contributed by atoms with Crippen molar-refractivity contribution in [3.05, 3.63) is 58.5 Å². The number of amides is 1. The number of sulfonamides is 1. The second-order valence-corrected chi connectivity index (χ2v) is 11.6. The van der Waals surface area contributed by atoms with E-state index in [1.165, 1.54) is 36.4 Å². The second kappa shape index (κ2) is 13.4. The van der Waals surface area contributed by atoms with Crippen LogP contribution < -0.4 is 19.5 Å². The number of thioether (sulfide) groups is 1. The Kier molecular flexibility index (Phi) is 10.2. The third-order valence-electron chi connectivity index (χ3n) is 5.13. The first-order chi connectivity index (χ1) is 18.8. The molecule has 0 unspecified atom stereocenters. The van der Waals surface area contributed by atoms with Gasteiger partial charge in [0.15, 0.2) is 18.1 Å². The van der Waals surface area contributed by atoms with Gasteiger partial charge in [-0.2, -0.15) is 4.72 Å². The van der Waals surface area contributed by atoms with Gasteiger partial charge >= 0.3 is 17.9 Å². The van der Waals surface area contributed by atoms with Crippen LogP contribution in [-0.4, -0.2) is 64.5 Å². The molecule has 1 aliphatic heterocycles. The summed E-state index contributed by atoms with van der Waals surface area (Å²) in [6, 6.07) is 8.32. The van der Waals surface area contributed by atoms with Crippen LogP contribution in [0.1, 0.15) is 24.0 Å². The fourth-order valence-electron chi connectivity index (χ4n) is 3.24. The molecule has 212 valence electrons. The number of hydrogen-bond donors (Lipinski definition) is 5. The van der Waals surface area contributed by atoms with Crippen molar-refractivity contribution < 1.29 is 52.4 Å². The van der Waals surface area contributed by atoms with Crippen LogP contribution in [0.4, 0.5) is 0 Å². The van der Waals surface area contributed by atoms with Crippen LogP contribution in [0.2, 0.25) is 0 Å². The van der Waals surface area contributed by atoms with E-state index in [1.807, 2.05) is 4.72 Å². The minimum atomic E-state index is -4.26. The summed E-state index contributed by atoms with van der Waals surface area (Å²) < 4.78 is 38.6. The van der Waals surface area contributed by atoms with Gasteiger partial charge in [0.05, 0.1) is 9.80 Å². The highest BCUT2D eigenvalue weighted by Crippen LogP contribution is 2.32. The highest BCUT2D eigenvalue weighted by atomic mass is 32.2. The average molecular weight is 611 g/mol. The van der Waals surface area contributed by atoms with E-state index in [2.05, 4.69) is 5.32 Å². The number of carbonyl (C=O) groups excluding carboxylic acids is 1. The van der Waals surface area contributed by atoms with Crippen LogP contribution in [0.3, 0.4) is 0 Å². The lowest BCUT2D eigenvalue weighted by Gasteiger charge is -2.15. The van der Waals surface area contributed by atoms with Gasteiger partial charge in [-0.15, -0.1) is 0 Å². The van der Waals surface area contributed by atoms with Crippen molar-refractivity contribution in [2.24, 2.45) is 0 Å². The molecule has 5 N–H and O–H groups in total. The summed E-state index contributed by atoms with van der Waals surface area (Å²) in [5, 5.41) is 29.5. The predicted molar refractivity (Wildman–Crippen MR) is 145 cm³/mol. The lowest BCUT2D eigenvalue weighted by Crippen LogP contribution is -2.41. The highest BCUT2D eigenvalue weighted by Gasteiger charge is 2.26. The summed E-state index contributed by atoms with van der Waals surface area (Å²) in [6.45, 7) is -0.723. The molecule has 0 aliphatic carbocycles. The molecule has 1 heterocycles. The molecular weight excluding hydrogens is 588 g/mol. The maximum Gasteiger partial charge on any atom is 0.341 e. The summed E-state index contributed by atoms with van der Waals surface area (Å²) in [4.78, 5) is 45.1. The van der Waals surface area contributed by atoms with Gasteiger partial charge in [-0.25, -0.2) is 13.2 Å². The first-order valence-electron chi connectivity index (χ1n) is 11.3. The zero-order valence-corrected chi connectivity index (χ0v) is 22.8. The van der Waals surface area contributed by atoms with Crippen molar-refractivity contribution >= 4 is 68.2 Å². The van der Waals surface area contributed by atoms with Crippen LogP contribution in [0.15, 0.2) is 52.3 Å². The van der Waals surface area contributed by atoms with Gasteiger partial charge in [0.2, 0.25) is 10.0 Å². The van der Waals surface area contributed by atoms with Gasteiger partial charge in [0.25, 0.3) is 5.91 Å². The average Bonchev–Trinajstić information content (AvgIpc) is 3.20. The first kappa shape index (κ1) is 30.6. The van der Waals surface area contributed by atoms with Crippen LogP contribution in [0.5, 0.6) is 11.5 Å². The van der Waals surface area contributed by atoms with E-state index in [-0.39, 0.29) is 28.9 Å². The third kappa shape index (κ3) is 8.77. The molecule has 2 aromatic carbocycles. The lowest BCUT2D eigenvalue weighted by atomic mass is 10.2. The number of aliphatic carboxylic acids is 3. The molecule has 1 atom stereocenters. The van der Waals surface area contributed by atoms with Gasteiger partial charge in [-0.1, -0.05) is 42.2 Å². The molecule has 0 saturated carbocycles. The summed E-state index contributed by atoms with van der Waals surface area (Å²) in [5.41, 5.74) is 1.04. The van der Waals surface area contributed by atoms with Crippen LogP contribution in [-0.2, 0) is 35.8 Å². The van der Waals surface area contributed by atoms with Gasteiger partial charge in [0.1, 0.15) is 17.0 Å². The Balaban J connectivity index is 1.72. The van der Waals surface area contributed by atoms with Crippen LogP contribution in [0, 0.1) is 0 Å². The van der Waals surface area contributed by atoms with E-state index < -0.39 is 53.4 Å². The fraction of sp³-hybridized carbons (Fsp3) is 0.208. The zero-order chi connectivity index (χ0) is 29.4. The van der Waals surface area contributed by atoms with Gasteiger partial charge in [0, 0.05) is 6.42 Å². The van der Waals surface area contributed by atoms with Gasteiger partial charge < -0.3 is 30.1 Å². The van der Waals surface area contributed by atoms with Crippen molar-refractivity contribution in [1.82, 2.24) is 10.0 Å². The Morgan fingerprint density at radius 1 is 1.02 bits per heavy atom. The fourth-order valence-corrected chi connectivity index (χ4v) is 5.51. The lowest BCUT2D eigenvalue weighted by molar-refractivity contribution is -0.141. The van der Waals surface area contributed by atoms with Crippen LogP contribution in [0.25, 0.3) is 6.08 Å². The first-order valence-corrected chi connectivity index (χ1v) is 14.0. The number of carbonyl (C=O) groups is 4. The topological polar surface area (TPSA) is 206 Å². The molecule has 2 aromatic rings. The summed E-state index contributed by atoms with van der Waals surface area (Å²) in [7, 11) is -4.26. The smallest absolute Gasteiger partial charge is 0.341 e. The molecule has 0 radical (unpaired) electrons. The summed E-state index contributed by atoms with van der Waals surface area (Å²) >= 11 is 6.04. The SMILES string of the molecule is O=C(O)CC[C@@H](NS(=O)(=O)c1ccc(COc2ccc(/C=C3\SC(=S)NC3=O)cc2OCC(=O)O)cc1)C(=O)O. The standard InChI is InChI=1S/C24H22N2O11S3/c27-20(28)8-6-16(23(32)33)26-40(34,35)15-4-1-13(2-5-15)11-36-17-7-3-14(9-18(17)37-12-21(29)30)10-19-22(31)25-24(38)39-19/h1-5,7,9-10,16,26H,6,8,11-12H2,(H,27,28)(H,29,30)(H,32,33)(H,25,31,38)/b19-10-/t16-/m1/s1. The Bertz CT molecular complexity index is 1470. The molecule has 0 aromatic heterocycles. The Morgan fingerprint density at radius 3 is 2.30 bits per heavy atom. The minimum Gasteiger partial charge on any atom is -0.485 e. The van der Waals surface area contributed by atoms with E-state index in [4.69, 9.17) is 31.9 Å². The Labute approximate surface area is 237 Å². The maximum atomic E-state index is 12.6. The number of nitrogens with one attached hydrogen (secondary N) is 2. The van der Waals surface area contributed by atoms with Crippen molar-refractivity contribution in [2.75, 3.05) is 6.61 Å². The number of thiocarbonyl (C=S) groups is 1. The molecule has 16 heteroatoms. The van der Waals surface area contributed by atoms with Crippen molar-refractivity contribution in [3.63, 3.8) is 0 Å². The number of benzene rings is 2. The van der Waals surface area contributed by atoms with E-state index in [1.54, 1.807) is 12.1 Å². The van der Waals surface area contributed by atoms with E-state index >= 15 is 0 Å². The molecular formula is C24H22N2O11S3. The number of hydrogen-bond acceptors (Lipinski definition) is 10. The number of carboxylic acid groups (broad SMARTS) is 3. The quantitative estimate of drug-likeness (QED) is 0.153. The van der Waals surface area contributed by atoms with E-state index in [0.29, 0.717) is 20.4 Å². The maximum absolute atomic E-state index is 12.6. The number of carboxylic acids is 3. The van der Waals surface area contributed by atoms with Crippen molar-refractivity contribution in [3.8, 4) is 11.5 Å². The van der Waals surface area contributed by atoms with Gasteiger partial charge in [-0.3, -0.25) is 14.4 Å². The number of rotatable bonds is 14. The molecule has 1 fully saturated rings. The largest absolute Gasteiger partial charge is 0.485 e. The monoisotopic (exact) mass is 610 g/mol. The highest BCUT2D eigenvalue weighted by molar-refractivity contribution is 8.26.